The fourth-order valence-corrected chi connectivity index (χ4v) is 8.44. The molecule has 14 heteroatoms. The lowest BCUT2D eigenvalue weighted by Gasteiger charge is -2.41. The van der Waals surface area contributed by atoms with Crippen LogP contribution in [-0.4, -0.2) is 98.3 Å². The number of aliphatic hydroxyl groups is 5. The van der Waals surface area contributed by atoms with E-state index in [4.69, 9.17) is 18.5 Å². The number of hydrogen-bond donors (Lipinski definition) is 6. The van der Waals surface area contributed by atoms with Crippen molar-refractivity contribution in [1.29, 1.82) is 0 Å². The molecule has 0 aromatic rings. The second-order valence-corrected chi connectivity index (χ2v) is 18.4. The predicted octanol–water partition coefficient (Wildman–Crippen LogP) is 9.45. The predicted molar refractivity (Wildman–Crippen MR) is 235 cm³/mol. The van der Waals surface area contributed by atoms with Crippen molar-refractivity contribution >= 4 is 19.8 Å². The lowest BCUT2D eigenvalue weighted by Crippen LogP contribution is -2.64. The van der Waals surface area contributed by atoms with Crippen LogP contribution < -0.4 is 0 Å². The minimum Gasteiger partial charge on any atom is -0.462 e. The van der Waals surface area contributed by atoms with Gasteiger partial charge in [-0.25, -0.2) is 4.57 Å². The smallest absolute Gasteiger partial charge is 0.462 e. The zero-order chi connectivity index (χ0) is 44.3. The number of carbonyl (C=O) groups is 2. The molecule has 6 N–H and O–H groups in total. The van der Waals surface area contributed by atoms with E-state index in [-0.39, 0.29) is 12.8 Å². The summed E-state index contributed by atoms with van der Waals surface area (Å²) in [5, 5.41) is 50.1. The maximum Gasteiger partial charge on any atom is 0.472 e. The van der Waals surface area contributed by atoms with Gasteiger partial charge in [-0.2, -0.15) is 0 Å². The summed E-state index contributed by atoms with van der Waals surface area (Å²) in [7, 11) is -5.11. The number of rotatable bonds is 40. The number of ether oxygens (including phenoxy) is 2. The number of carbonyl (C=O) groups excluding carboxylic acids is 2. The first-order chi connectivity index (χ1) is 28.9. The topological polar surface area (TPSA) is 210 Å². The highest BCUT2D eigenvalue weighted by atomic mass is 31.2. The Labute approximate surface area is 363 Å². The minimum absolute atomic E-state index is 0.0894. The van der Waals surface area contributed by atoms with Crippen LogP contribution in [0.3, 0.4) is 0 Å². The number of phosphoric acid groups is 1. The van der Waals surface area contributed by atoms with Gasteiger partial charge in [-0.3, -0.25) is 18.6 Å². The quantitative estimate of drug-likeness (QED) is 0.0147. The molecule has 60 heavy (non-hydrogen) atoms. The van der Waals surface area contributed by atoms with Gasteiger partial charge in [-0.1, -0.05) is 180 Å². The van der Waals surface area contributed by atoms with E-state index in [0.717, 1.165) is 64.2 Å². The van der Waals surface area contributed by atoms with E-state index in [1.54, 1.807) is 0 Å². The normalized spacial score (nSPS) is 22.2. The number of hydrogen-bond acceptors (Lipinski definition) is 12. The van der Waals surface area contributed by atoms with Gasteiger partial charge in [-0.05, 0) is 32.1 Å². The molecule has 1 rings (SSSR count). The number of unbranched alkanes of at least 4 members (excludes halogenated alkanes) is 26. The maximum atomic E-state index is 12.8. The highest BCUT2D eigenvalue weighted by molar-refractivity contribution is 7.47. The van der Waals surface area contributed by atoms with E-state index in [1.165, 1.54) is 109 Å². The molecule has 1 aliphatic carbocycles. The Hall–Kier alpha value is -1.41. The molecule has 0 bridgehead atoms. The van der Waals surface area contributed by atoms with Crippen molar-refractivity contribution in [3.05, 3.63) is 12.2 Å². The molecular weight excluding hydrogens is 791 g/mol. The third kappa shape index (κ3) is 29.0. The van der Waals surface area contributed by atoms with E-state index < -0.39 is 75.7 Å². The first-order valence-corrected chi connectivity index (χ1v) is 25.5. The molecule has 0 aliphatic heterocycles. The summed E-state index contributed by atoms with van der Waals surface area (Å²) < 4.78 is 33.5. The lowest BCUT2D eigenvalue weighted by atomic mass is 9.85. The molecule has 1 saturated carbocycles. The number of esters is 2. The largest absolute Gasteiger partial charge is 0.472 e. The first-order valence-electron chi connectivity index (χ1n) is 24.0. The van der Waals surface area contributed by atoms with Crippen LogP contribution in [0.1, 0.15) is 213 Å². The van der Waals surface area contributed by atoms with Crippen LogP contribution in [0.2, 0.25) is 0 Å². The van der Waals surface area contributed by atoms with Crippen molar-refractivity contribution in [2.75, 3.05) is 13.2 Å². The summed E-state index contributed by atoms with van der Waals surface area (Å²) in [5.74, 6) is -1.10. The first kappa shape index (κ1) is 56.6. The summed E-state index contributed by atoms with van der Waals surface area (Å²) in [6.07, 6.45) is 25.8. The van der Waals surface area contributed by atoms with Crippen LogP contribution in [-0.2, 0) is 32.7 Å². The molecular formula is C46H87O13P. The Morgan fingerprint density at radius 2 is 0.883 bits per heavy atom. The van der Waals surface area contributed by atoms with Crippen molar-refractivity contribution < 1.29 is 63.1 Å². The molecule has 13 nitrogen and oxygen atoms in total. The molecule has 0 aromatic carbocycles. The van der Waals surface area contributed by atoms with Crippen molar-refractivity contribution in [3.8, 4) is 0 Å². The van der Waals surface area contributed by atoms with Gasteiger partial charge in [0, 0.05) is 12.8 Å². The molecule has 0 heterocycles. The van der Waals surface area contributed by atoms with E-state index in [2.05, 4.69) is 26.0 Å². The van der Waals surface area contributed by atoms with Gasteiger partial charge < -0.3 is 39.9 Å². The summed E-state index contributed by atoms with van der Waals surface area (Å²) in [4.78, 5) is 35.6. The van der Waals surface area contributed by atoms with Crippen LogP contribution >= 0.6 is 7.82 Å². The fourth-order valence-electron chi connectivity index (χ4n) is 7.47. The number of phosphoric ester groups is 1. The highest BCUT2D eigenvalue weighted by Crippen LogP contribution is 2.47. The van der Waals surface area contributed by atoms with E-state index in [9.17, 15) is 44.6 Å². The zero-order valence-electron chi connectivity index (χ0n) is 37.5. The second-order valence-electron chi connectivity index (χ2n) is 17.0. The van der Waals surface area contributed by atoms with Crippen LogP contribution in [0.15, 0.2) is 12.2 Å². The average molecular weight is 879 g/mol. The molecule has 0 amide bonds. The number of aliphatic hydroxyl groups excluding tert-OH is 5. The fraction of sp³-hybridized carbons (Fsp3) is 0.913. The summed E-state index contributed by atoms with van der Waals surface area (Å²) in [6.45, 7) is 3.24. The van der Waals surface area contributed by atoms with Crippen LogP contribution in [0, 0.1) is 0 Å². The molecule has 0 saturated heterocycles. The van der Waals surface area contributed by atoms with Gasteiger partial charge in [0.25, 0.3) is 0 Å². The third-order valence-electron chi connectivity index (χ3n) is 11.3. The molecule has 0 aromatic heterocycles. The van der Waals surface area contributed by atoms with Crippen LogP contribution in [0.5, 0.6) is 0 Å². The Morgan fingerprint density at radius 1 is 0.500 bits per heavy atom. The average Bonchev–Trinajstić information content (AvgIpc) is 3.23. The monoisotopic (exact) mass is 879 g/mol. The third-order valence-corrected chi connectivity index (χ3v) is 12.3. The van der Waals surface area contributed by atoms with Crippen molar-refractivity contribution in [1.82, 2.24) is 0 Å². The van der Waals surface area contributed by atoms with Crippen molar-refractivity contribution in [2.45, 2.75) is 256 Å². The Balaban J connectivity index is 2.35. The van der Waals surface area contributed by atoms with Crippen LogP contribution in [0.4, 0.5) is 0 Å². The summed E-state index contributed by atoms with van der Waals surface area (Å²) in [5.41, 5.74) is 0. The van der Waals surface area contributed by atoms with Gasteiger partial charge in [0.05, 0.1) is 6.61 Å². The molecule has 0 radical (unpaired) electrons. The van der Waals surface area contributed by atoms with Crippen molar-refractivity contribution in [3.63, 3.8) is 0 Å². The van der Waals surface area contributed by atoms with Gasteiger partial charge >= 0.3 is 19.8 Å². The van der Waals surface area contributed by atoms with E-state index >= 15 is 0 Å². The zero-order valence-corrected chi connectivity index (χ0v) is 38.4. The standard InChI is InChI=1S/C46H87O13P/c1-3-5-7-9-11-13-15-16-17-18-19-20-21-22-23-24-25-27-28-30-32-34-39(47)56-36-38(58-40(48)35-33-31-29-26-14-12-10-8-6-4-2)37-57-60(54,55)59-46-44(52)42(50)41(49)43(51)45(46)53/h8,10,38,41-46,49-53H,3-7,9,11-37H2,1-2H3,(H,54,55)/b10-8-. The second kappa shape index (κ2) is 37.0. The molecule has 6 unspecified atom stereocenters. The van der Waals surface area contributed by atoms with E-state index in [0.29, 0.717) is 12.8 Å². The molecule has 354 valence electrons. The number of allylic oxidation sites excluding steroid dienone is 2. The van der Waals surface area contributed by atoms with Gasteiger partial charge in [0.2, 0.25) is 0 Å². The Kier molecular flexibility index (Phi) is 34.9. The van der Waals surface area contributed by atoms with Gasteiger partial charge in [0.15, 0.2) is 6.10 Å². The molecule has 1 aliphatic rings. The lowest BCUT2D eigenvalue weighted by molar-refractivity contribution is -0.220. The van der Waals surface area contributed by atoms with Gasteiger partial charge in [-0.15, -0.1) is 0 Å². The minimum atomic E-state index is -5.11. The van der Waals surface area contributed by atoms with Gasteiger partial charge in [0.1, 0.15) is 43.2 Å². The summed E-state index contributed by atoms with van der Waals surface area (Å²) in [6, 6.07) is 0. The molecule has 6 atom stereocenters. The highest BCUT2D eigenvalue weighted by Gasteiger charge is 2.51. The van der Waals surface area contributed by atoms with Crippen molar-refractivity contribution in [2.24, 2.45) is 0 Å². The Bertz CT molecular complexity index is 1110. The summed E-state index contributed by atoms with van der Waals surface area (Å²) >= 11 is 0. The molecule has 1 fully saturated rings. The molecule has 0 spiro atoms. The van der Waals surface area contributed by atoms with Crippen LogP contribution in [0.25, 0.3) is 0 Å². The maximum absolute atomic E-state index is 12.8. The van der Waals surface area contributed by atoms with E-state index in [1.807, 2.05) is 0 Å². The SMILES string of the molecule is CCC/C=C\CCCCCCCC(=O)OC(COC(=O)CCCCCCCCCCCCCCCCCCCCCCC)COP(=O)(O)OC1C(O)C(O)C(O)C(O)C1O. The Morgan fingerprint density at radius 3 is 1.33 bits per heavy atom.